The van der Waals surface area contributed by atoms with Crippen molar-refractivity contribution in [2.24, 2.45) is 0 Å². The third kappa shape index (κ3) is 3.85. The molecule has 0 saturated carbocycles. The van der Waals surface area contributed by atoms with Crippen molar-refractivity contribution in [1.82, 2.24) is 0 Å². The number of anilines is 1. The van der Waals surface area contributed by atoms with E-state index in [-0.39, 0.29) is 23.5 Å². The third-order valence-corrected chi connectivity index (χ3v) is 5.94. The fourth-order valence-corrected chi connectivity index (χ4v) is 4.57. The van der Waals surface area contributed by atoms with Gasteiger partial charge in [0.15, 0.2) is 5.57 Å². The lowest BCUT2D eigenvalue weighted by Gasteiger charge is -2.38. The number of benzene rings is 2. The molecule has 0 atom stereocenters. The lowest BCUT2D eigenvalue weighted by atomic mass is 9.88. The molecule has 35 heavy (non-hydrogen) atoms. The van der Waals surface area contributed by atoms with E-state index in [0.29, 0.717) is 22.6 Å². The van der Waals surface area contributed by atoms with Gasteiger partial charge < -0.3 is 14.2 Å². The number of nitriles is 1. The van der Waals surface area contributed by atoms with Crippen molar-refractivity contribution in [1.29, 1.82) is 5.26 Å². The molecule has 0 fully saturated rings. The first-order chi connectivity index (χ1) is 16.6. The Hall–Kier alpha value is -4.38. The molecule has 0 unspecified atom stereocenters. The second-order valence-corrected chi connectivity index (χ2v) is 8.66. The summed E-state index contributed by atoms with van der Waals surface area (Å²) in [7, 11) is 1.46. The zero-order chi connectivity index (χ0) is 25.5. The second-order valence-electron chi connectivity index (χ2n) is 8.66. The monoisotopic (exact) mass is 472 g/mol. The number of methoxy groups -OCH3 is 1. The summed E-state index contributed by atoms with van der Waals surface area (Å²) >= 11 is 0. The molecular weight excluding hydrogens is 448 g/mol. The zero-order valence-electron chi connectivity index (χ0n) is 20.1. The normalized spacial score (nSPS) is 16.6. The van der Waals surface area contributed by atoms with Gasteiger partial charge in [0, 0.05) is 11.1 Å². The Bertz CT molecular complexity index is 1380. The smallest absolute Gasteiger partial charge is 0.349 e. The van der Waals surface area contributed by atoms with Crippen LogP contribution in [0.3, 0.4) is 0 Å². The fourth-order valence-electron chi connectivity index (χ4n) is 4.57. The molecule has 0 spiro atoms. The maximum Gasteiger partial charge on any atom is 0.349 e. The quantitative estimate of drug-likeness (QED) is 0.276. The summed E-state index contributed by atoms with van der Waals surface area (Å²) in [5, 5.41) is 9.78. The molecule has 2 aromatic carbocycles. The lowest BCUT2D eigenvalue weighted by Crippen LogP contribution is -2.46. The minimum atomic E-state index is -0.883. The Morgan fingerprint density at radius 3 is 2.49 bits per heavy atom. The Morgan fingerprint density at radius 2 is 1.83 bits per heavy atom. The third-order valence-electron chi connectivity index (χ3n) is 5.94. The number of esters is 2. The van der Waals surface area contributed by atoms with Crippen molar-refractivity contribution >= 4 is 34.7 Å². The van der Waals surface area contributed by atoms with E-state index in [1.54, 1.807) is 42.2 Å². The number of carbonyl (C=O) groups excluding carboxylic acids is 3. The molecule has 8 heteroatoms. The van der Waals surface area contributed by atoms with Crippen LogP contribution in [0.2, 0.25) is 0 Å². The molecule has 0 aliphatic carbocycles. The van der Waals surface area contributed by atoms with Crippen LogP contribution >= 0.6 is 0 Å². The maximum absolute atomic E-state index is 13.6. The molecular formula is C27H24N2O6. The molecule has 1 amide bonds. The summed E-state index contributed by atoms with van der Waals surface area (Å²) in [4.78, 5) is 40.7. The number of hydrogen-bond acceptors (Lipinski definition) is 7. The largest absolute Gasteiger partial charge is 0.496 e. The first-order valence-electron chi connectivity index (χ1n) is 11.0. The summed E-state index contributed by atoms with van der Waals surface area (Å²) in [6.45, 7) is 7.30. The van der Waals surface area contributed by atoms with Crippen LogP contribution in [0.1, 0.15) is 49.2 Å². The number of nitrogens with zero attached hydrogens (tertiary/aromatic N) is 2. The minimum absolute atomic E-state index is 0.0516. The lowest BCUT2D eigenvalue weighted by molar-refractivity contribution is -0.138. The Labute approximate surface area is 203 Å². The summed E-state index contributed by atoms with van der Waals surface area (Å²) in [6, 6.07) is 11.7. The highest BCUT2D eigenvalue weighted by Gasteiger charge is 2.47. The van der Waals surface area contributed by atoms with Gasteiger partial charge in [-0.3, -0.25) is 9.69 Å². The van der Waals surface area contributed by atoms with Gasteiger partial charge >= 0.3 is 11.9 Å². The molecule has 178 valence electrons. The molecule has 0 radical (unpaired) electrons. The van der Waals surface area contributed by atoms with Crippen LogP contribution in [-0.4, -0.2) is 37.1 Å². The molecule has 2 aliphatic heterocycles. The van der Waals surface area contributed by atoms with Crippen LogP contribution in [0.25, 0.3) is 11.1 Å². The van der Waals surface area contributed by atoms with E-state index in [4.69, 9.17) is 14.2 Å². The van der Waals surface area contributed by atoms with Crippen LogP contribution in [0.4, 0.5) is 5.69 Å². The molecule has 8 nitrogen and oxygen atoms in total. The molecule has 2 heterocycles. The van der Waals surface area contributed by atoms with Crippen LogP contribution in [0, 0.1) is 11.3 Å². The predicted octanol–water partition coefficient (Wildman–Crippen LogP) is 4.30. The number of allylic oxidation sites excluding steroid dienone is 1. The Morgan fingerprint density at radius 1 is 1.14 bits per heavy atom. The average Bonchev–Trinajstić information content (AvgIpc) is 3.11. The van der Waals surface area contributed by atoms with Crippen LogP contribution in [-0.2, 0) is 14.3 Å². The first-order valence-corrected chi connectivity index (χ1v) is 11.0. The van der Waals surface area contributed by atoms with Gasteiger partial charge in [0.1, 0.15) is 23.1 Å². The number of ether oxygens (including phenoxy) is 3. The summed E-state index contributed by atoms with van der Waals surface area (Å²) < 4.78 is 16.0. The van der Waals surface area contributed by atoms with Crippen molar-refractivity contribution < 1.29 is 28.6 Å². The molecule has 0 saturated heterocycles. The highest BCUT2D eigenvalue weighted by molar-refractivity contribution is 6.38. The molecule has 0 N–H and O–H groups in total. The number of hydrogen-bond donors (Lipinski definition) is 0. The molecule has 2 aliphatic rings. The summed E-state index contributed by atoms with van der Waals surface area (Å²) in [6.07, 6.45) is 1.92. The van der Waals surface area contributed by atoms with E-state index in [9.17, 15) is 19.6 Å². The summed E-state index contributed by atoms with van der Waals surface area (Å²) in [5.41, 5.74) is 1.47. The van der Waals surface area contributed by atoms with E-state index in [1.165, 1.54) is 13.2 Å². The van der Waals surface area contributed by atoms with E-state index in [1.807, 2.05) is 32.9 Å². The highest BCUT2D eigenvalue weighted by atomic mass is 16.5. The van der Waals surface area contributed by atoms with Gasteiger partial charge in [0.2, 0.25) is 0 Å². The van der Waals surface area contributed by atoms with Gasteiger partial charge in [-0.05, 0) is 57.5 Å². The number of rotatable bonds is 5. The van der Waals surface area contributed by atoms with E-state index < -0.39 is 29.0 Å². The van der Waals surface area contributed by atoms with Gasteiger partial charge in [-0.1, -0.05) is 18.2 Å². The van der Waals surface area contributed by atoms with Crippen molar-refractivity contribution in [3.05, 3.63) is 64.7 Å². The molecule has 4 rings (SSSR count). The van der Waals surface area contributed by atoms with Crippen LogP contribution < -0.4 is 14.4 Å². The van der Waals surface area contributed by atoms with Gasteiger partial charge in [0.25, 0.3) is 5.91 Å². The average molecular weight is 472 g/mol. The van der Waals surface area contributed by atoms with Crippen molar-refractivity contribution in [3.8, 4) is 17.6 Å². The predicted molar refractivity (Wildman–Crippen MR) is 129 cm³/mol. The fraction of sp³-hybridized carbons (Fsp3) is 0.259. The van der Waals surface area contributed by atoms with Gasteiger partial charge in [0.05, 0.1) is 30.5 Å². The second kappa shape index (κ2) is 8.76. The van der Waals surface area contributed by atoms with Crippen molar-refractivity contribution in [2.45, 2.75) is 33.2 Å². The van der Waals surface area contributed by atoms with E-state index in [2.05, 4.69) is 0 Å². The van der Waals surface area contributed by atoms with Gasteiger partial charge in [-0.15, -0.1) is 0 Å². The summed E-state index contributed by atoms with van der Waals surface area (Å²) in [5.74, 6) is -1.51. The van der Waals surface area contributed by atoms with Crippen molar-refractivity contribution in [2.75, 3.05) is 18.6 Å². The molecule has 0 bridgehead atoms. The Kier molecular flexibility index (Phi) is 5.95. The van der Waals surface area contributed by atoms with E-state index in [0.717, 1.165) is 5.57 Å². The standard InChI is InChI=1S/C27H24N2O6/c1-6-34-25(31)20(14-28)22-19-12-16(35-26(32)17-9-7-8-10-21(17)33-5)11-18-15(2)13-27(3,4)29(23(18)19)24(22)30/h7-13H,6H2,1-5H3. The van der Waals surface area contributed by atoms with Crippen molar-refractivity contribution in [3.63, 3.8) is 0 Å². The van der Waals surface area contributed by atoms with Gasteiger partial charge in [-0.25, -0.2) is 9.59 Å². The van der Waals surface area contributed by atoms with E-state index >= 15 is 0 Å². The SMILES string of the molecule is CCOC(=O)C(C#N)=C1C(=O)N2c3c(cc(OC(=O)c4ccccc4OC)cc31)C(C)=CC2(C)C. The highest BCUT2D eigenvalue weighted by Crippen LogP contribution is 2.51. The first kappa shape index (κ1) is 23.8. The topological polar surface area (TPSA) is 106 Å². The minimum Gasteiger partial charge on any atom is -0.496 e. The molecule has 2 aromatic rings. The number of amides is 1. The molecule has 0 aromatic heterocycles. The van der Waals surface area contributed by atoms with Gasteiger partial charge in [-0.2, -0.15) is 5.26 Å². The number of para-hydroxylation sites is 1. The van der Waals surface area contributed by atoms with Crippen LogP contribution in [0.15, 0.2) is 48.0 Å². The zero-order valence-corrected chi connectivity index (χ0v) is 20.1. The number of carbonyl (C=O) groups is 3. The maximum atomic E-state index is 13.6. The van der Waals surface area contributed by atoms with Crippen LogP contribution in [0.5, 0.6) is 11.5 Å². The Balaban J connectivity index is 1.92.